The van der Waals surface area contributed by atoms with Crippen LogP contribution in [0.2, 0.25) is 0 Å². The van der Waals surface area contributed by atoms with Crippen LogP contribution in [-0.4, -0.2) is 44.5 Å². The van der Waals surface area contributed by atoms with Crippen LogP contribution in [0.25, 0.3) is 0 Å². The molecule has 0 aliphatic heterocycles. The SMILES string of the molecule is C=CCOC(=O)CC(OC(=O)OC)C(=O)OCC=C. The van der Waals surface area contributed by atoms with Gasteiger partial charge in [-0.25, -0.2) is 9.59 Å². The van der Waals surface area contributed by atoms with Crippen molar-refractivity contribution in [2.45, 2.75) is 12.5 Å². The summed E-state index contributed by atoms with van der Waals surface area (Å²) in [5.74, 6) is -1.62. The first kappa shape index (κ1) is 16.7. The van der Waals surface area contributed by atoms with Gasteiger partial charge in [-0.05, 0) is 0 Å². The Bertz CT molecular complexity index is 348. The molecule has 0 heterocycles. The first-order valence-corrected chi connectivity index (χ1v) is 5.33. The third-order valence-electron chi connectivity index (χ3n) is 1.73. The molecule has 1 atom stereocenters. The molecule has 0 rings (SSSR count). The van der Waals surface area contributed by atoms with E-state index in [0.717, 1.165) is 7.11 Å². The van der Waals surface area contributed by atoms with Crippen LogP contribution in [0.3, 0.4) is 0 Å². The van der Waals surface area contributed by atoms with E-state index >= 15 is 0 Å². The van der Waals surface area contributed by atoms with Crippen LogP contribution in [0.5, 0.6) is 0 Å². The molecule has 106 valence electrons. The van der Waals surface area contributed by atoms with Crippen molar-refractivity contribution in [1.82, 2.24) is 0 Å². The van der Waals surface area contributed by atoms with Crippen LogP contribution in [0.15, 0.2) is 25.3 Å². The molecule has 1 unspecified atom stereocenters. The van der Waals surface area contributed by atoms with Crippen LogP contribution in [-0.2, 0) is 28.5 Å². The molecule has 0 radical (unpaired) electrons. The number of methoxy groups -OCH3 is 1. The van der Waals surface area contributed by atoms with Gasteiger partial charge in [-0.1, -0.05) is 25.3 Å². The van der Waals surface area contributed by atoms with Crippen molar-refractivity contribution in [2.75, 3.05) is 20.3 Å². The highest BCUT2D eigenvalue weighted by Gasteiger charge is 2.28. The standard InChI is InChI=1S/C12H16O7/c1-4-6-17-10(13)8-9(19-12(15)16-3)11(14)18-7-5-2/h4-5,9H,1-2,6-8H2,3H3. The Hall–Kier alpha value is -2.31. The van der Waals surface area contributed by atoms with Crippen LogP contribution >= 0.6 is 0 Å². The lowest BCUT2D eigenvalue weighted by molar-refractivity contribution is -0.160. The van der Waals surface area contributed by atoms with Crippen LogP contribution < -0.4 is 0 Å². The summed E-state index contributed by atoms with van der Waals surface area (Å²) in [4.78, 5) is 33.8. The lowest BCUT2D eigenvalue weighted by atomic mass is 10.2. The van der Waals surface area contributed by atoms with Gasteiger partial charge < -0.3 is 18.9 Å². The van der Waals surface area contributed by atoms with E-state index in [1.165, 1.54) is 12.2 Å². The zero-order valence-corrected chi connectivity index (χ0v) is 10.6. The second-order valence-corrected chi connectivity index (χ2v) is 3.16. The quantitative estimate of drug-likeness (QED) is 0.370. The Labute approximate surface area is 110 Å². The predicted octanol–water partition coefficient (Wildman–Crippen LogP) is 0.986. The Balaban J connectivity index is 4.51. The lowest BCUT2D eigenvalue weighted by Gasteiger charge is -2.14. The van der Waals surface area contributed by atoms with Crippen molar-refractivity contribution in [3.63, 3.8) is 0 Å². The fourth-order valence-electron chi connectivity index (χ4n) is 0.934. The molecule has 0 N–H and O–H groups in total. The molecule has 0 spiro atoms. The summed E-state index contributed by atoms with van der Waals surface area (Å²) in [6.07, 6.45) is -0.298. The molecular weight excluding hydrogens is 256 g/mol. The molecule has 0 aromatic rings. The molecule has 0 aromatic carbocycles. The summed E-state index contributed by atoms with van der Waals surface area (Å²) in [7, 11) is 1.07. The van der Waals surface area contributed by atoms with Gasteiger partial charge in [0.1, 0.15) is 13.2 Å². The average Bonchev–Trinajstić information content (AvgIpc) is 2.41. The van der Waals surface area contributed by atoms with Gasteiger partial charge in [0, 0.05) is 0 Å². The van der Waals surface area contributed by atoms with Crippen LogP contribution in [0.4, 0.5) is 4.79 Å². The molecule has 0 fully saturated rings. The maximum atomic E-state index is 11.5. The Morgan fingerprint density at radius 2 is 1.68 bits per heavy atom. The number of esters is 2. The predicted molar refractivity (Wildman–Crippen MR) is 64.2 cm³/mol. The topological polar surface area (TPSA) is 88.1 Å². The van der Waals surface area contributed by atoms with Gasteiger partial charge >= 0.3 is 18.1 Å². The molecular formula is C12H16O7. The highest BCUT2D eigenvalue weighted by atomic mass is 16.7. The average molecular weight is 272 g/mol. The smallest absolute Gasteiger partial charge is 0.461 e. The van der Waals surface area contributed by atoms with Crippen LogP contribution in [0, 0.1) is 0 Å². The summed E-state index contributed by atoms with van der Waals surface area (Å²) in [6, 6.07) is 0. The number of hydrogen-bond acceptors (Lipinski definition) is 7. The Kier molecular flexibility index (Phi) is 8.51. The minimum absolute atomic E-state index is 0.00845. The summed E-state index contributed by atoms with van der Waals surface area (Å²) in [5.41, 5.74) is 0. The number of ether oxygens (including phenoxy) is 4. The molecule has 0 aliphatic carbocycles. The Morgan fingerprint density at radius 1 is 1.11 bits per heavy atom. The summed E-state index contributed by atoms with van der Waals surface area (Å²) < 4.78 is 18.2. The monoisotopic (exact) mass is 272 g/mol. The van der Waals surface area contributed by atoms with Crippen molar-refractivity contribution in [3.8, 4) is 0 Å². The zero-order valence-electron chi connectivity index (χ0n) is 10.6. The molecule has 0 saturated heterocycles. The fourth-order valence-corrected chi connectivity index (χ4v) is 0.934. The summed E-state index contributed by atoms with van der Waals surface area (Å²) >= 11 is 0. The summed E-state index contributed by atoms with van der Waals surface area (Å²) in [5, 5.41) is 0. The maximum absolute atomic E-state index is 11.5. The fraction of sp³-hybridized carbons (Fsp3) is 0.417. The van der Waals surface area contributed by atoms with Gasteiger partial charge in [-0.2, -0.15) is 0 Å². The summed E-state index contributed by atoms with van der Waals surface area (Å²) in [6.45, 7) is 6.65. The molecule has 0 amide bonds. The normalized spacial score (nSPS) is 10.8. The van der Waals surface area contributed by atoms with Crippen molar-refractivity contribution in [3.05, 3.63) is 25.3 Å². The van der Waals surface area contributed by atoms with Gasteiger partial charge in [0.2, 0.25) is 6.10 Å². The van der Waals surface area contributed by atoms with E-state index in [9.17, 15) is 14.4 Å². The van der Waals surface area contributed by atoms with Crippen molar-refractivity contribution >= 4 is 18.1 Å². The van der Waals surface area contributed by atoms with E-state index in [4.69, 9.17) is 0 Å². The van der Waals surface area contributed by atoms with Gasteiger partial charge in [-0.3, -0.25) is 4.79 Å². The van der Waals surface area contributed by atoms with Gasteiger partial charge in [-0.15, -0.1) is 0 Å². The van der Waals surface area contributed by atoms with Gasteiger partial charge in [0.05, 0.1) is 13.5 Å². The number of carbonyl (C=O) groups excluding carboxylic acids is 3. The van der Waals surface area contributed by atoms with Crippen molar-refractivity contribution < 1.29 is 33.3 Å². The molecule has 0 aliphatic rings. The second kappa shape index (κ2) is 9.69. The lowest BCUT2D eigenvalue weighted by Crippen LogP contribution is -2.32. The first-order valence-electron chi connectivity index (χ1n) is 5.33. The van der Waals surface area contributed by atoms with E-state index in [0.29, 0.717) is 0 Å². The molecule has 0 bridgehead atoms. The maximum Gasteiger partial charge on any atom is 0.508 e. The van der Waals surface area contributed by atoms with E-state index in [1.807, 2.05) is 0 Å². The third kappa shape index (κ3) is 7.58. The van der Waals surface area contributed by atoms with Crippen molar-refractivity contribution in [2.24, 2.45) is 0 Å². The zero-order chi connectivity index (χ0) is 14.7. The minimum Gasteiger partial charge on any atom is -0.461 e. The number of hydrogen-bond donors (Lipinski definition) is 0. The number of carbonyl (C=O) groups is 3. The van der Waals surface area contributed by atoms with E-state index in [1.54, 1.807) is 0 Å². The molecule has 7 nitrogen and oxygen atoms in total. The highest BCUT2D eigenvalue weighted by Crippen LogP contribution is 2.05. The largest absolute Gasteiger partial charge is 0.508 e. The van der Waals surface area contributed by atoms with E-state index in [-0.39, 0.29) is 13.2 Å². The highest BCUT2D eigenvalue weighted by molar-refractivity contribution is 5.83. The first-order chi connectivity index (χ1) is 9.04. The minimum atomic E-state index is -1.43. The molecule has 19 heavy (non-hydrogen) atoms. The van der Waals surface area contributed by atoms with Crippen molar-refractivity contribution in [1.29, 1.82) is 0 Å². The van der Waals surface area contributed by atoms with E-state index < -0.39 is 30.6 Å². The van der Waals surface area contributed by atoms with E-state index in [2.05, 4.69) is 32.1 Å². The van der Waals surface area contributed by atoms with Gasteiger partial charge in [0.25, 0.3) is 0 Å². The molecule has 0 aromatic heterocycles. The third-order valence-corrected chi connectivity index (χ3v) is 1.73. The van der Waals surface area contributed by atoms with Gasteiger partial charge in [0.15, 0.2) is 0 Å². The Morgan fingerprint density at radius 3 is 2.21 bits per heavy atom. The molecule has 7 heteroatoms. The molecule has 0 saturated carbocycles. The van der Waals surface area contributed by atoms with Crippen LogP contribution in [0.1, 0.15) is 6.42 Å². The second-order valence-electron chi connectivity index (χ2n) is 3.16. The number of rotatable bonds is 8.